The molecule has 0 aromatic carbocycles. The number of rotatable bonds is 6. The lowest BCUT2D eigenvalue weighted by atomic mass is 9.85. The molecule has 2 saturated heterocycles. The molecule has 0 spiro atoms. The van der Waals surface area contributed by atoms with E-state index in [1.54, 1.807) is 0 Å². The van der Waals surface area contributed by atoms with Crippen LogP contribution in [0.25, 0.3) is 0 Å². The van der Waals surface area contributed by atoms with Gasteiger partial charge < -0.3 is 9.47 Å². The van der Waals surface area contributed by atoms with Crippen LogP contribution in [0.1, 0.15) is 26.7 Å². The van der Waals surface area contributed by atoms with Gasteiger partial charge in [0.25, 0.3) is 0 Å². The highest BCUT2D eigenvalue weighted by molar-refractivity contribution is 5.82. The van der Waals surface area contributed by atoms with Crippen LogP contribution in [0.5, 0.6) is 0 Å². The number of hydrogen-bond acceptors (Lipinski definition) is 3. The van der Waals surface area contributed by atoms with Gasteiger partial charge in [0.15, 0.2) is 0 Å². The SMILES string of the molecule is CC(C)C(CC1CO1)C(=O)CC1CO1. The zero-order valence-electron chi connectivity index (χ0n) is 8.86. The fourth-order valence-corrected chi connectivity index (χ4v) is 1.82. The summed E-state index contributed by atoms with van der Waals surface area (Å²) in [4.78, 5) is 11.9. The van der Waals surface area contributed by atoms with Crippen LogP contribution >= 0.6 is 0 Å². The topological polar surface area (TPSA) is 42.1 Å². The van der Waals surface area contributed by atoms with Crippen molar-refractivity contribution < 1.29 is 14.3 Å². The fourth-order valence-electron chi connectivity index (χ4n) is 1.82. The molecule has 0 radical (unpaired) electrons. The van der Waals surface area contributed by atoms with Crippen LogP contribution < -0.4 is 0 Å². The number of hydrogen-bond donors (Lipinski definition) is 0. The lowest BCUT2D eigenvalue weighted by molar-refractivity contribution is -0.124. The third-order valence-electron chi connectivity index (χ3n) is 2.97. The van der Waals surface area contributed by atoms with Gasteiger partial charge in [0.2, 0.25) is 0 Å². The Labute approximate surface area is 84.8 Å². The van der Waals surface area contributed by atoms with Crippen LogP contribution in [-0.2, 0) is 14.3 Å². The highest BCUT2D eigenvalue weighted by Crippen LogP contribution is 2.28. The first-order chi connectivity index (χ1) is 6.66. The number of ketones is 1. The van der Waals surface area contributed by atoms with E-state index in [1.165, 1.54) is 0 Å². The molecule has 2 aliphatic heterocycles. The molecule has 3 nitrogen and oxygen atoms in total. The van der Waals surface area contributed by atoms with Gasteiger partial charge in [-0.1, -0.05) is 13.8 Å². The van der Waals surface area contributed by atoms with Gasteiger partial charge in [-0.25, -0.2) is 0 Å². The molecule has 14 heavy (non-hydrogen) atoms. The molecule has 0 bridgehead atoms. The van der Waals surface area contributed by atoms with Gasteiger partial charge in [0.05, 0.1) is 25.4 Å². The van der Waals surface area contributed by atoms with Crippen LogP contribution in [-0.4, -0.2) is 31.2 Å². The first-order valence-electron chi connectivity index (χ1n) is 5.42. The molecule has 2 aliphatic rings. The molecular formula is C11H18O3. The molecule has 0 amide bonds. The normalized spacial score (nSPS) is 31.6. The van der Waals surface area contributed by atoms with Gasteiger partial charge >= 0.3 is 0 Å². The largest absolute Gasteiger partial charge is 0.373 e. The Balaban J connectivity index is 1.82. The summed E-state index contributed by atoms with van der Waals surface area (Å²) in [7, 11) is 0. The van der Waals surface area contributed by atoms with Crippen molar-refractivity contribution >= 4 is 5.78 Å². The minimum Gasteiger partial charge on any atom is -0.373 e. The zero-order valence-corrected chi connectivity index (χ0v) is 8.86. The molecule has 0 aromatic rings. The van der Waals surface area contributed by atoms with E-state index in [0.717, 1.165) is 19.6 Å². The summed E-state index contributed by atoms with van der Waals surface area (Å²) >= 11 is 0. The predicted molar refractivity (Wildman–Crippen MR) is 52.0 cm³/mol. The van der Waals surface area contributed by atoms with Gasteiger partial charge in [-0.2, -0.15) is 0 Å². The van der Waals surface area contributed by atoms with Gasteiger partial charge in [-0.3, -0.25) is 4.79 Å². The molecule has 0 saturated carbocycles. The first-order valence-corrected chi connectivity index (χ1v) is 5.42. The molecule has 3 heteroatoms. The number of carbonyl (C=O) groups excluding carboxylic acids is 1. The lowest BCUT2D eigenvalue weighted by Gasteiger charge is -2.17. The van der Waals surface area contributed by atoms with Crippen molar-refractivity contribution in [2.75, 3.05) is 13.2 Å². The Kier molecular flexibility index (Phi) is 2.88. The van der Waals surface area contributed by atoms with E-state index >= 15 is 0 Å². The molecule has 0 aliphatic carbocycles. The summed E-state index contributed by atoms with van der Waals surface area (Å²) in [6, 6.07) is 0. The quantitative estimate of drug-likeness (QED) is 0.606. The van der Waals surface area contributed by atoms with E-state index in [2.05, 4.69) is 13.8 Å². The third-order valence-corrected chi connectivity index (χ3v) is 2.97. The number of carbonyl (C=O) groups is 1. The average Bonchev–Trinajstić information content (AvgIpc) is 2.94. The van der Waals surface area contributed by atoms with Crippen molar-refractivity contribution in [3.63, 3.8) is 0 Å². The minimum absolute atomic E-state index is 0.173. The monoisotopic (exact) mass is 198 g/mol. The van der Waals surface area contributed by atoms with Gasteiger partial charge in [0.1, 0.15) is 5.78 Å². The van der Waals surface area contributed by atoms with E-state index in [4.69, 9.17) is 9.47 Å². The van der Waals surface area contributed by atoms with Crippen LogP contribution in [0.2, 0.25) is 0 Å². The minimum atomic E-state index is 0.173. The average molecular weight is 198 g/mol. The molecule has 2 heterocycles. The molecule has 2 fully saturated rings. The van der Waals surface area contributed by atoms with Crippen LogP contribution in [0.4, 0.5) is 0 Å². The molecule has 0 N–H and O–H groups in total. The van der Waals surface area contributed by atoms with Crippen LogP contribution in [0.3, 0.4) is 0 Å². The van der Waals surface area contributed by atoms with Gasteiger partial charge in [-0.15, -0.1) is 0 Å². The van der Waals surface area contributed by atoms with Crippen molar-refractivity contribution in [3.05, 3.63) is 0 Å². The maximum atomic E-state index is 11.9. The fraction of sp³-hybridized carbons (Fsp3) is 0.909. The second kappa shape index (κ2) is 3.99. The Morgan fingerprint density at radius 2 is 1.86 bits per heavy atom. The number of epoxide rings is 2. The maximum Gasteiger partial charge on any atom is 0.139 e. The van der Waals surface area contributed by atoms with E-state index in [-0.39, 0.29) is 12.0 Å². The van der Waals surface area contributed by atoms with Crippen molar-refractivity contribution in [1.29, 1.82) is 0 Å². The first kappa shape index (κ1) is 10.1. The van der Waals surface area contributed by atoms with Crippen molar-refractivity contribution in [2.24, 2.45) is 11.8 Å². The summed E-state index contributed by atoms with van der Waals surface area (Å²) in [5, 5.41) is 0. The molecule has 0 aromatic heterocycles. The standard InChI is InChI=1S/C11H18O3/c1-7(2)10(3-8-5-13-8)11(12)4-9-6-14-9/h7-10H,3-6H2,1-2H3. The van der Waals surface area contributed by atoms with Gasteiger partial charge in [-0.05, 0) is 12.3 Å². The van der Waals surface area contributed by atoms with E-state index in [0.29, 0.717) is 24.2 Å². The van der Waals surface area contributed by atoms with E-state index in [9.17, 15) is 4.79 Å². The Morgan fingerprint density at radius 3 is 2.29 bits per heavy atom. The lowest BCUT2D eigenvalue weighted by Crippen LogP contribution is -2.23. The van der Waals surface area contributed by atoms with Crippen LogP contribution in [0, 0.1) is 11.8 Å². The van der Waals surface area contributed by atoms with E-state index < -0.39 is 0 Å². The van der Waals surface area contributed by atoms with Gasteiger partial charge in [0, 0.05) is 12.3 Å². The zero-order chi connectivity index (χ0) is 10.1. The third kappa shape index (κ3) is 2.79. The highest BCUT2D eigenvalue weighted by atomic mass is 16.6. The van der Waals surface area contributed by atoms with Crippen molar-refractivity contribution in [3.8, 4) is 0 Å². The van der Waals surface area contributed by atoms with Crippen LogP contribution in [0.15, 0.2) is 0 Å². The molecule has 2 rings (SSSR count). The highest BCUT2D eigenvalue weighted by Gasteiger charge is 2.35. The Morgan fingerprint density at radius 1 is 1.29 bits per heavy atom. The summed E-state index contributed by atoms with van der Waals surface area (Å²) < 4.78 is 10.3. The molecule has 3 unspecified atom stereocenters. The van der Waals surface area contributed by atoms with E-state index in [1.807, 2.05) is 0 Å². The smallest absolute Gasteiger partial charge is 0.139 e. The van der Waals surface area contributed by atoms with Crippen molar-refractivity contribution in [2.45, 2.75) is 38.9 Å². The molecule has 3 atom stereocenters. The van der Waals surface area contributed by atoms with Crippen molar-refractivity contribution in [1.82, 2.24) is 0 Å². The Hall–Kier alpha value is -0.410. The second-order valence-corrected chi connectivity index (χ2v) is 4.67. The maximum absolute atomic E-state index is 11.9. The molecule has 80 valence electrons. The predicted octanol–water partition coefficient (Wildman–Crippen LogP) is 1.41. The summed E-state index contributed by atoms with van der Waals surface area (Å²) in [5.41, 5.74) is 0. The summed E-state index contributed by atoms with van der Waals surface area (Å²) in [6.45, 7) is 5.84. The second-order valence-electron chi connectivity index (χ2n) is 4.67. The number of Topliss-reactive ketones (excluding diaryl/α,β-unsaturated/α-hetero) is 1. The summed E-state index contributed by atoms with van der Waals surface area (Å²) in [5.74, 6) is 0.954. The summed E-state index contributed by atoms with van der Waals surface area (Å²) in [6.07, 6.45) is 2.09. The number of ether oxygens (including phenoxy) is 2. The molecular weight excluding hydrogens is 180 g/mol. The Bertz CT molecular complexity index is 217.